The number of para-hydroxylation sites is 1. The minimum absolute atomic E-state index is 0.0540. The molecule has 26 heavy (non-hydrogen) atoms. The number of aromatic nitrogens is 1. The van der Waals surface area contributed by atoms with Crippen LogP contribution in [0.25, 0.3) is 10.9 Å². The van der Waals surface area contributed by atoms with Crippen LogP contribution < -0.4 is 4.74 Å². The summed E-state index contributed by atoms with van der Waals surface area (Å²) < 4.78 is 18.9. The third-order valence-electron chi connectivity index (χ3n) is 4.79. The summed E-state index contributed by atoms with van der Waals surface area (Å²) in [7, 11) is 1.44. The van der Waals surface area contributed by atoms with E-state index in [4.69, 9.17) is 4.74 Å². The number of halogens is 1. The Morgan fingerprint density at radius 3 is 2.73 bits per heavy atom. The molecule has 0 radical (unpaired) electrons. The summed E-state index contributed by atoms with van der Waals surface area (Å²) >= 11 is 0. The molecule has 0 saturated heterocycles. The maximum atomic E-state index is 13.9. The first-order chi connectivity index (χ1) is 12.5. The van der Waals surface area contributed by atoms with Gasteiger partial charge in [0.15, 0.2) is 17.3 Å². The van der Waals surface area contributed by atoms with Gasteiger partial charge in [0.25, 0.3) is 0 Å². The summed E-state index contributed by atoms with van der Waals surface area (Å²) in [4.78, 5) is 18.2. The number of fused-ring (bicyclic) bond motifs is 1. The zero-order chi connectivity index (χ0) is 18.7. The van der Waals surface area contributed by atoms with Crippen LogP contribution in [0.4, 0.5) is 4.39 Å². The zero-order valence-corrected chi connectivity index (χ0v) is 15.3. The van der Waals surface area contributed by atoms with Gasteiger partial charge in [0.05, 0.1) is 13.2 Å². The lowest BCUT2D eigenvalue weighted by molar-refractivity contribution is 0.0837. The van der Waals surface area contributed by atoms with Gasteiger partial charge in [0, 0.05) is 29.2 Å². The summed E-state index contributed by atoms with van der Waals surface area (Å²) in [5.41, 5.74) is 2.44. The second kappa shape index (κ2) is 7.70. The summed E-state index contributed by atoms with van der Waals surface area (Å²) in [5.74, 6) is -0.116. The number of hydrogen-bond acceptors (Lipinski definition) is 3. The summed E-state index contributed by atoms with van der Waals surface area (Å²) in [6.07, 6.45) is 1.77. The molecule has 136 valence electrons. The van der Waals surface area contributed by atoms with Gasteiger partial charge in [0.2, 0.25) is 0 Å². The van der Waals surface area contributed by atoms with Crippen LogP contribution in [0.15, 0.2) is 48.7 Å². The lowest BCUT2D eigenvalue weighted by Crippen LogP contribution is -2.38. The van der Waals surface area contributed by atoms with Gasteiger partial charge in [-0.25, -0.2) is 4.39 Å². The van der Waals surface area contributed by atoms with Crippen molar-refractivity contribution in [1.82, 2.24) is 9.88 Å². The van der Waals surface area contributed by atoms with Crippen LogP contribution in [0.3, 0.4) is 0 Å². The maximum Gasteiger partial charge on any atom is 0.181 e. The molecular weight excluding hydrogens is 331 g/mol. The number of H-pyrrole nitrogens is 1. The second-order valence-electron chi connectivity index (χ2n) is 6.32. The monoisotopic (exact) mass is 354 g/mol. The molecule has 0 aliphatic carbocycles. The van der Waals surface area contributed by atoms with E-state index in [1.807, 2.05) is 49.1 Å². The number of carbonyl (C=O) groups excluding carboxylic acids is 1. The lowest BCUT2D eigenvalue weighted by Gasteiger charge is -2.27. The molecule has 0 aliphatic heterocycles. The zero-order valence-electron chi connectivity index (χ0n) is 15.3. The lowest BCUT2D eigenvalue weighted by atomic mass is 10.0. The van der Waals surface area contributed by atoms with E-state index in [2.05, 4.69) is 4.98 Å². The van der Waals surface area contributed by atoms with Gasteiger partial charge in [-0.1, -0.05) is 31.2 Å². The molecule has 4 nitrogen and oxygen atoms in total. The highest BCUT2D eigenvalue weighted by molar-refractivity contribution is 6.10. The third-order valence-corrected chi connectivity index (χ3v) is 4.79. The molecule has 0 fully saturated rings. The van der Waals surface area contributed by atoms with Gasteiger partial charge in [-0.2, -0.15) is 0 Å². The van der Waals surface area contributed by atoms with Crippen molar-refractivity contribution in [2.45, 2.75) is 26.4 Å². The van der Waals surface area contributed by atoms with Crippen LogP contribution >= 0.6 is 0 Å². The van der Waals surface area contributed by atoms with Crippen molar-refractivity contribution in [1.29, 1.82) is 0 Å². The Hall–Kier alpha value is -2.66. The normalized spacial score (nSPS) is 12.5. The molecule has 0 amide bonds. The Bertz CT molecular complexity index is 919. The van der Waals surface area contributed by atoms with E-state index in [0.29, 0.717) is 18.7 Å². The molecule has 0 aliphatic rings. The fourth-order valence-corrected chi connectivity index (χ4v) is 3.23. The molecular formula is C21H23FN2O2. The van der Waals surface area contributed by atoms with Crippen molar-refractivity contribution in [2.24, 2.45) is 0 Å². The smallest absolute Gasteiger partial charge is 0.181 e. The Morgan fingerprint density at radius 2 is 2.04 bits per heavy atom. The van der Waals surface area contributed by atoms with Gasteiger partial charge in [0.1, 0.15) is 0 Å². The number of ether oxygens (including phenoxy) is 1. The number of ketones is 1. The number of nitrogens with zero attached hydrogens (tertiary/aromatic N) is 1. The SMILES string of the molecule is CCN(Cc1ccc(OC)c(F)c1)[C@H](C)C(=O)c1c[nH]c2ccccc12. The Balaban J connectivity index is 1.81. The Labute approximate surface area is 152 Å². The van der Waals surface area contributed by atoms with Crippen LogP contribution in [0.5, 0.6) is 5.75 Å². The first-order valence-electron chi connectivity index (χ1n) is 8.72. The molecule has 1 aromatic heterocycles. The minimum atomic E-state index is -0.392. The predicted molar refractivity (Wildman–Crippen MR) is 101 cm³/mol. The summed E-state index contributed by atoms with van der Waals surface area (Å²) in [5, 5.41) is 0.927. The molecule has 2 aromatic carbocycles. The average Bonchev–Trinajstić information content (AvgIpc) is 3.09. The van der Waals surface area contributed by atoms with E-state index in [1.54, 1.807) is 12.3 Å². The van der Waals surface area contributed by atoms with Gasteiger partial charge in [-0.3, -0.25) is 9.69 Å². The number of likely N-dealkylation sites (N-methyl/N-ethyl adjacent to an activating group) is 1. The highest BCUT2D eigenvalue weighted by Crippen LogP contribution is 2.23. The van der Waals surface area contributed by atoms with Crippen molar-refractivity contribution in [3.05, 3.63) is 65.6 Å². The molecule has 1 atom stereocenters. The Morgan fingerprint density at radius 1 is 1.27 bits per heavy atom. The molecule has 1 heterocycles. The number of nitrogens with one attached hydrogen (secondary N) is 1. The molecule has 0 spiro atoms. The van der Waals surface area contributed by atoms with E-state index in [0.717, 1.165) is 16.5 Å². The van der Waals surface area contributed by atoms with Crippen LogP contribution in [-0.2, 0) is 6.54 Å². The third kappa shape index (κ3) is 3.48. The van der Waals surface area contributed by atoms with E-state index in [-0.39, 0.29) is 17.6 Å². The molecule has 5 heteroatoms. The molecule has 0 unspecified atom stereocenters. The van der Waals surface area contributed by atoms with E-state index < -0.39 is 5.82 Å². The van der Waals surface area contributed by atoms with E-state index in [1.165, 1.54) is 13.2 Å². The number of aromatic amines is 1. The number of Topliss-reactive ketones (excluding diaryl/α,β-unsaturated/α-hetero) is 1. The number of methoxy groups -OCH3 is 1. The van der Waals surface area contributed by atoms with Crippen molar-refractivity contribution in [3.8, 4) is 5.75 Å². The average molecular weight is 354 g/mol. The summed E-state index contributed by atoms with van der Waals surface area (Å²) in [6, 6.07) is 12.4. The highest BCUT2D eigenvalue weighted by atomic mass is 19.1. The predicted octanol–water partition coefficient (Wildman–Crippen LogP) is 4.41. The van der Waals surface area contributed by atoms with Gasteiger partial charge in [-0.05, 0) is 37.2 Å². The second-order valence-corrected chi connectivity index (χ2v) is 6.32. The summed E-state index contributed by atoms with van der Waals surface area (Å²) in [6.45, 7) is 5.07. The quantitative estimate of drug-likeness (QED) is 0.639. The van der Waals surface area contributed by atoms with Crippen molar-refractivity contribution in [3.63, 3.8) is 0 Å². The molecule has 1 N–H and O–H groups in total. The minimum Gasteiger partial charge on any atom is -0.494 e. The molecule has 0 saturated carbocycles. The topological polar surface area (TPSA) is 45.3 Å². The first kappa shape index (κ1) is 18.1. The van der Waals surface area contributed by atoms with Crippen molar-refractivity contribution in [2.75, 3.05) is 13.7 Å². The largest absolute Gasteiger partial charge is 0.494 e. The standard InChI is InChI=1S/C21H23FN2O2/c1-4-24(13-15-9-10-20(26-3)18(22)11-15)14(2)21(25)17-12-23-19-8-6-5-7-16(17)19/h5-12,14,23H,4,13H2,1-3H3/t14-/m1/s1. The Kier molecular flexibility index (Phi) is 5.38. The maximum absolute atomic E-state index is 13.9. The van der Waals surface area contributed by atoms with Crippen LogP contribution in [0.2, 0.25) is 0 Å². The molecule has 3 aromatic rings. The number of hydrogen-bond donors (Lipinski definition) is 1. The molecule has 3 rings (SSSR count). The van der Waals surface area contributed by atoms with Gasteiger partial charge in [-0.15, -0.1) is 0 Å². The fourth-order valence-electron chi connectivity index (χ4n) is 3.23. The van der Waals surface area contributed by atoms with Crippen molar-refractivity contribution < 1.29 is 13.9 Å². The number of benzene rings is 2. The van der Waals surface area contributed by atoms with Gasteiger partial charge >= 0.3 is 0 Å². The van der Waals surface area contributed by atoms with Crippen LogP contribution in [-0.4, -0.2) is 35.4 Å². The van der Waals surface area contributed by atoms with Gasteiger partial charge < -0.3 is 9.72 Å². The highest BCUT2D eigenvalue weighted by Gasteiger charge is 2.24. The number of carbonyl (C=O) groups is 1. The van der Waals surface area contributed by atoms with E-state index >= 15 is 0 Å². The van der Waals surface area contributed by atoms with E-state index in [9.17, 15) is 9.18 Å². The fraction of sp³-hybridized carbons (Fsp3) is 0.286. The van der Waals surface area contributed by atoms with Crippen molar-refractivity contribution >= 4 is 16.7 Å². The molecule has 0 bridgehead atoms. The van der Waals surface area contributed by atoms with Crippen LogP contribution in [0, 0.1) is 5.82 Å². The number of rotatable bonds is 7. The van der Waals surface area contributed by atoms with Crippen LogP contribution in [0.1, 0.15) is 29.8 Å². The first-order valence-corrected chi connectivity index (χ1v) is 8.72.